The number of rotatable bonds is 4. The molecular weight excluding hydrogens is 358 g/mol. The summed E-state index contributed by atoms with van der Waals surface area (Å²) in [5.41, 5.74) is 2.81. The fraction of sp³-hybridized carbons (Fsp3) is 0.700. The van der Waals surface area contributed by atoms with E-state index in [0.717, 1.165) is 28.8 Å². The van der Waals surface area contributed by atoms with Crippen molar-refractivity contribution in [1.82, 2.24) is 24.9 Å². The SMILES string of the molecule is CSc1nc2nc(C)c(CC(=O)NC3C4CC5CC(C4)CC3C5)c(C)n2n1. The highest BCUT2D eigenvalue weighted by Crippen LogP contribution is 2.53. The molecule has 4 fully saturated rings. The van der Waals surface area contributed by atoms with Crippen LogP contribution in [0.1, 0.15) is 49.1 Å². The van der Waals surface area contributed by atoms with Crippen LogP contribution >= 0.6 is 11.8 Å². The van der Waals surface area contributed by atoms with Crippen molar-refractivity contribution in [3.05, 3.63) is 17.0 Å². The summed E-state index contributed by atoms with van der Waals surface area (Å²) < 4.78 is 1.77. The lowest BCUT2D eigenvalue weighted by molar-refractivity contribution is -0.124. The van der Waals surface area contributed by atoms with Crippen LogP contribution in [-0.4, -0.2) is 37.8 Å². The number of nitrogens with one attached hydrogen (secondary N) is 1. The van der Waals surface area contributed by atoms with Gasteiger partial charge in [-0.05, 0) is 75.9 Å². The minimum atomic E-state index is 0.130. The van der Waals surface area contributed by atoms with Crippen LogP contribution in [0.25, 0.3) is 5.78 Å². The van der Waals surface area contributed by atoms with E-state index in [1.807, 2.05) is 20.1 Å². The number of nitrogens with zero attached hydrogens (tertiary/aromatic N) is 4. The third-order valence-corrected chi connectivity index (χ3v) is 7.64. The van der Waals surface area contributed by atoms with Gasteiger partial charge >= 0.3 is 0 Å². The largest absolute Gasteiger partial charge is 0.353 e. The smallest absolute Gasteiger partial charge is 0.253 e. The maximum atomic E-state index is 12.9. The number of thioether (sulfide) groups is 1. The van der Waals surface area contributed by atoms with Crippen LogP contribution in [0.4, 0.5) is 0 Å². The van der Waals surface area contributed by atoms with Gasteiger partial charge < -0.3 is 5.32 Å². The lowest BCUT2D eigenvalue weighted by atomic mass is 9.54. The molecule has 1 amide bonds. The fourth-order valence-electron chi connectivity index (χ4n) is 6.09. The maximum Gasteiger partial charge on any atom is 0.253 e. The summed E-state index contributed by atoms with van der Waals surface area (Å²) in [4.78, 5) is 21.9. The Bertz CT molecular complexity index is 879. The predicted octanol–water partition coefficient (Wildman–Crippen LogP) is 2.95. The molecule has 144 valence electrons. The van der Waals surface area contributed by atoms with Crippen molar-refractivity contribution in [1.29, 1.82) is 0 Å². The van der Waals surface area contributed by atoms with Crippen molar-refractivity contribution in [2.75, 3.05) is 6.26 Å². The molecule has 27 heavy (non-hydrogen) atoms. The minimum absolute atomic E-state index is 0.130. The maximum absolute atomic E-state index is 12.9. The number of aryl methyl sites for hydroxylation is 2. The third kappa shape index (κ3) is 2.94. The molecule has 2 aromatic rings. The average Bonchev–Trinajstić information content (AvgIpc) is 3.04. The van der Waals surface area contributed by atoms with Gasteiger partial charge in [-0.1, -0.05) is 11.8 Å². The van der Waals surface area contributed by atoms with Gasteiger partial charge in [0.25, 0.3) is 5.78 Å². The molecule has 2 heterocycles. The molecule has 0 unspecified atom stereocenters. The predicted molar refractivity (Wildman–Crippen MR) is 105 cm³/mol. The molecule has 0 saturated heterocycles. The van der Waals surface area contributed by atoms with E-state index in [0.29, 0.717) is 35.2 Å². The summed E-state index contributed by atoms with van der Waals surface area (Å²) >= 11 is 1.50. The van der Waals surface area contributed by atoms with Crippen LogP contribution < -0.4 is 5.32 Å². The molecule has 6 nitrogen and oxygen atoms in total. The highest BCUT2D eigenvalue weighted by Gasteiger charge is 2.48. The van der Waals surface area contributed by atoms with Crippen LogP contribution in [0.5, 0.6) is 0 Å². The van der Waals surface area contributed by atoms with Gasteiger partial charge in [-0.2, -0.15) is 4.98 Å². The van der Waals surface area contributed by atoms with E-state index in [9.17, 15) is 4.79 Å². The van der Waals surface area contributed by atoms with Crippen LogP contribution in [0, 0.1) is 37.5 Å². The zero-order chi connectivity index (χ0) is 18.7. The second-order valence-electron chi connectivity index (χ2n) is 8.77. The van der Waals surface area contributed by atoms with Gasteiger partial charge in [0.05, 0.1) is 6.42 Å². The Hall–Kier alpha value is -1.63. The minimum Gasteiger partial charge on any atom is -0.353 e. The highest BCUT2D eigenvalue weighted by molar-refractivity contribution is 7.98. The molecule has 6 rings (SSSR count). The first-order chi connectivity index (χ1) is 13.0. The fourth-order valence-corrected chi connectivity index (χ4v) is 6.43. The summed E-state index contributed by atoms with van der Waals surface area (Å²) in [7, 11) is 0. The molecular formula is C20H27N5OS. The van der Waals surface area contributed by atoms with E-state index in [-0.39, 0.29) is 5.91 Å². The number of carbonyl (C=O) groups is 1. The molecule has 0 aromatic carbocycles. The van der Waals surface area contributed by atoms with E-state index in [1.165, 1.54) is 43.9 Å². The van der Waals surface area contributed by atoms with Crippen molar-refractivity contribution in [3.63, 3.8) is 0 Å². The Labute approximate surface area is 163 Å². The first kappa shape index (κ1) is 17.5. The Morgan fingerprint density at radius 2 is 1.78 bits per heavy atom. The average molecular weight is 386 g/mol. The van der Waals surface area contributed by atoms with Crippen molar-refractivity contribution in [2.45, 2.75) is 63.6 Å². The second kappa shape index (κ2) is 6.47. The topological polar surface area (TPSA) is 72.2 Å². The molecule has 4 aliphatic rings. The highest BCUT2D eigenvalue weighted by atomic mass is 32.2. The first-order valence-electron chi connectivity index (χ1n) is 10.1. The number of fused-ring (bicyclic) bond motifs is 1. The number of aromatic nitrogens is 4. The van der Waals surface area contributed by atoms with Crippen LogP contribution in [0.2, 0.25) is 0 Å². The van der Waals surface area contributed by atoms with Crippen molar-refractivity contribution < 1.29 is 4.79 Å². The zero-order valence-electron chi connectivity index (χ0n) is 16.2. The van der Waals surface area contributed by atoms with E-state index in [2.05, 4.69) is 20.4 Å². The first-order valence-corrected chi connectivity index (χ1v) is 11.3. The van der Waals surface area contributed by atoms with E-state index in [4.69, 9.17) is 0 Å². The summed E-state index contributed by atoms with van der Waals surface area (Å²) in [5.74, 6) is 3.99. The Morgan fingerprint density at radius 1 is 1.11 bits per heavy atom. The van der Waals surface area contributed by atoms with E-state index < -0.39 is 0 Å². The molecule has 4 bridgehead atoms. The summed E-state index contributed by atoms with van der Waals surface area (Å²) in [5, 5.41) is 8.61. The van der Waals surface area contributed by atoms with Gasteiger partial charge in [0.2, 0.25) is 11.1 Å². The Balaban J connectivity index is 1.35. The quantitative estimate of drug-likeness (QED) is 0.819. The number of carbonyl (C=O) groups excluding carboxylic acids is 1. The molecule has 4 aliphatic carbocycles. The van der Waals surface area contributed by atoms with Gasteiger partial charge in [0.15, 0.2) is 0 Å². The normalized spacial score (nSPS) is 31.6. The number of hydrogen-bond acceptors (Lipinski definition) is 5. The lowest BCUT2D eigenvalue weighted by Crippen LogP contribution is -2.56. The number of hydrogen-bond donors (Lipinski definition) is 1. The Morgan fingerprint density at radius 3 is 2.41 bits per heavy atom. The molecule has 7 heteroatoms. The Kier molecular flexibility index (Phi) is 4.18. The summed E-state index contributed by atoms with van der Waals surface area (Å²) in [6, 6.07) is 0.386. The zero-order valence-corrected chi connectivity index (χ0v) is 17.1. The van der Waals surface area contributed by atoms with E-state index in [1.54, 1.807) is 4.52 Å². The standard InChI is InChI=1S/C20H27N5OS/c1-10-16(11(2)25-19(21-10)23-20(24-25)27-3)9-17(26)22-18-14-5-12-4-13(7-14)8-15(18)6-12/h12-15,18H,4-9H2,1-3H3,(H,22,26). The van der Waals surface area contributed by atoms with Gasteiger partial charge in [-0.3, -0.25) is 4.79 Å². The molecule has 1 N–H and O–H groups in total. The van der Waals surface area contributed by atoms with E-state index >= 15 is 0 Å². The molecule has 0 atom stereocenters. The monoisotopic (exact) mass is 385 g/mol. The molecule has 2 aromatic heterocycles. The van der Waals surface area contributed by atoms with Crippen molar-refractivity contribution in [3.8, 4) is 0 Å². The second-order valence-corrected chi connectivity index (χ2v) is 9.55. The lowest BCUT2D eigenvalue weighted by Gasteiger charge is -2.54. The van der Waals surface area contributed by atoms with Gasteiger partial charge in [-0.25, -0.2) is 9.50 Å². The van der Waals surface area contributed by atoms with Crippen LogP contribution in [-0.2, 0) is 11.2 Å². The van der Waals surface area contributed by atoms with Crippen molar-refractivity contribution in [2.24, 2.45) is 23.7 Å². The third-order valence-electron chi connectivity index (χ3n) is 7.10. The molecule has 4 saturated carbocycles. The van der Waals surface area contributed by atoms with Crippen molar-refractivity contribution >= 4 is 23.4 Å². The number of amides is 1. The molecule has 0 spiro atoms. The van der Waals surface area contributed by atoms with Gasteiger partial charge in [-0.15, -0.1) is 5.10 Å². The summed E-state index contributed by atoms with van der Waals surface area (Å²) in [6.07, 6.45) is 9.04. The molecule has 0 radical (unpaired) electrons. The van der Waals surface area contributed by atoms with Gasteiger partial charge in [0.1, 0.15) is 0 Å². The van der Waals surface area contributed by atoms with Crippen LogP contribution in [0.15, 0.2) is 5.16 Å². The van der Waals surface area contributed by atoms with Crippen LogP contribution in [0.3, 0.4) is 0 Å². The summed E-state index contributed by atoms with van der Waals surface area (Å²) in [6.45, 7) is 3.97. The molecule has 0 aliphatic heterocycles. The van der Waals surface area contributed by atoms with Gasteiger partial charge in [0, 0.05) is 23.0 Å².